The first-order valence-electron chi connectivity index (χ1n) is 10.7. The summed E-state index contributed by atoms with van der Waals surface area (Å²) in [5, 5.41) is 0. The molecule has 0 N–H and O–H groups in total. The molecule has 4 aromatic rings. The minimum absolute atomic E-state index is 0.0740. The average molecular weight is 403 g/mol. The van der Waals surface area contributed by atoms with Crippen LogP contribution in [-0.2, 0) is 0 Å². The molecule has 1 atom stereocenters. The van der Waals surface area contributed by atoms with Gasteiger partial charge in [0.25, 0.3) is 0 Å². The van der Waals surface area contributed by atoms with E-state index in [0.29, 0.717) is 0 Å². The van der Waals surface area contributed by atoms with Gasteiger partial charge in [-0.3, -0.25) is 9.48 Å². The summed E-state index contributed by atoms with van der Waals surface area (Å²) in [5.41, 5.74) is 7.51. The van der Waals surface area contributed by atoms with Gasteiger partial charge in [-0.05, 0) is 42.3 Å². The number of hydrogen-bond donors (Lipinski definition) is 0. The Morgan fingerprint density at radius 1 is 0.645 bits per heavy atom. The molecule has 0 spiro atoms. The summed E-state index contributed by atoms with van der Waals surface area (Å²) < 4.78 is 2.35. The van der Waals surface area contributed by atoms with Crippen LogP contribution in [0.15, 0.2) is 109 Å². The second kappa shape index (κ2) is 8.16. The van der Waals surface area contributed by atoms with Crippen LogP contribution in [0.5, 0.6) is 0 Å². The van der Waals surface area contributed by atoms with E-state index in [1.165, 1.54) is 34.0 Å². The van der Waals surface area contributed by atoms with Gasteiger partial charge >= 0.3 is 0 Å². The highest BCUT2D eigenvalue weighted by molar-refractivity contribution is 5.82. The number of rotatable bonds is 4. The molecule has 0 saturated heterocycles. The molecular formula is C29H26N2. The summed E-state index contributed by atoms with van der Waals surface area (Å²) in [6.07, 6.45) is 2.25. The first-order chi connectivity index (χ1) is 15.2. The minimum atomic E-state index is 0.0740. The maximum atomic E-state index is 2.40. The van der Waals surface area contributed by atoms with Crippen LogP contribution in [0.2, 0.25) is 0 Å². The molecule has 0 radical (unpaired) electrons. The van der Waals surface area contributed by atoms with Gasteiger partial charge < -0.3 is 0 Å². The van der Waals surface area contributed by atoms with Crippen LogP contribution in [0, 0.1) is 19.9 Å². The molecule has 0 saturated carbocycles. The zero-order chi connectivity index (χ0) is 21.2. The molecule has 0 aliphatic carbocycles. The molecule has 2 nitrogen and oxygen atoms in total. The lowest BCUT2D eigenvalue weighted by Gasteiger charge is -2.30. The van der Waals surface area contributed by atoms with Crippen molar-refractivity contribution in [3.63, 3.8) is 0 Å². The highest BCUT2D eigenvalue weighted by Crippen LogP contribution is 2.45. The molecule has 0 bridgehead atoms. The Balaban J connectivity index is 1.77. The molecule has 4 aromatic carbocycles. The van der Waals surface area contributed by atoms with E-state index in [1.807, 2.05) is 0 Å². The van der Waals surface area contributed by atoms with Crippen LogP contribution in [0.25, 0.3) is 0 Å². The quantitative estimate of drug-likeness (QED) is 0.268. The second-order valence-electron chi connectivity index (χ2n) is 8.02. The predicted octanol–water partition coefficient (Wildman–Crippen LogP) is 6.82. The standard InChI is InChI=1S/C29H26N2/c1-22-13-9-11-19-26(22)28-29(27-20-12-10-14-23(27)2)31(25-17-7-4-8-18-25)21-30(28)24-15-5-3-6-16-24/h3-21,28H,1-2H3. The van der Waals surface area contributed by atoms with Crippen molar-refractivity contribution in [2.75, 3.05) is 4.90 Å². The van der Waals surface area contributed by atoms with Crippen molar-refractivity contribution in [1.29, 1.82) is 0 Å². The van der Waals surface area contributed by atoms with Gasteiger partial charge in [0, 0.05) is 0 Å². The average Bonchev–Trinajstić information content (AvgIpc) is 3.21. The van der Waals surface area contributed by atoms with E-state index in [0.717, 1.165) is 5.69 Å². The van der Waals surface area contributed by atoms with Gasteiger partial charge in [-0.2, -0.15) is 0 Å². The van der Waals surface area contributed by atoms with Gasteiger partial charge in [0.1, 0.15) is 5.69 Å². The van der Waals surface area contributed by atoms with Crippen LogP contribution in [0.3, 0.4) is 0 Å². The van der Waals surface area contributed by atoms with Gasteiger partial charge in [0.05, 0.1) is 11.7 Å². The van der Waals surface area contributed by atoms with Crippen LogP contribution in [-0.4, -0.2) is 10.9 Å². The predicted molar refractivity (Wildman–Crippen MR) is 129 cm³/mol. The molecule has 1 heterocycles. The van der Waals surface area contributed by atoms with Crippen molar-refractivity contribution in [3.8, 4) is 0 Å². The smallest absolute Gasteiger partial charge is 0.187 e. The fraction of sp³-hybridized carbons (Fsp3) is 0.103. The topological polar surface area (TPSA) is 6.25 Å². The number of benzene rings is 4. The summed E-state index contributed by atoms with van der Waals surface area (Å²) in [5.74, 6) is 0. The van der Waals surface area contributed by atoms with E-state index < -0.39 is 0 Å². The third kappa shape index (κ3) is 3.51. The Kier molecular flexibility index (Phi) is 5.05. The molecule has 0 amide bonds. The van der Waals surface area contributed by atoms with E-state index in [9.17, 15) is 0 Å². The summed E-state index contributed by atoms with van der Waals surface area (Å²) >= 11 is 0. The van der Waals surface area contributed by atoms with Crippen molar-refractivity contribution in [1.82, 2.24) is 0 Å². The largest absolute Gasteiger partial charge is 0.295 e. The van der Waals surface area contributed by atoms with Crippen LogP contribution in [0.4, 0.5) is 11.4 Å². The number of para-hydroxylation sites is 2. The summed E-state index contributed by atoms with van der Waals surface area (Å²) in [7, 11) is 0. The Labute approximate surface area is 184 Å². The molecule has 31 heavy (non-hydrogen) atoms. The molecule has 5 rings (SSSR count). The highest BCUT2D eigenvalue weighted by Gasteiger charge is 2.42. The van der Waals surface area contributed by atoms with Crippen molar-refractivity contribution < 1.29 is 4.58 Å². The zero-order valence-corrected chi connectivity index (χ0v) is 17.9. The summed E-state index contributed by atoms with van der Waals surface area (Å²) in [6, 6.07) is 40.1. The first kappa shape index (κ1) is 19.2. The second-order valence-corrected chi connectivity index (χ2v) is 8.02. The molecule has 1 aliphatic heterocycles. The van der Waals surface area contributed by atoms with E-state index >= 15 is 0 Å². The fourth-order valence-corrected chi connectivity index (χ4v) is 4.46. The minimum Gasteiger partial charge on any atom is -0.295 e. The van der Waals surface area contributed by atoms with Crippen molar-refractivity contribution >= 4 is 17.7 Å². The Bertz CT molecular complexity index is 1210. The number of aryl methyl sites for hydroxylation is 2. The lowest BCUT2D eigenvalue weighted by molar-refractivity contribution is -0.408. The number of nitrogens with zero attached hydrogens (tertiary/aromatic N) is 2. The molecule has 0 fully saturated rings. The maximum absolute atomic E-state index is 2.40. The third-order valence-corrected chi connectivity index (χ3v) is 6.03. The SMILES string of the molecule is Cc1ccccc1[C-]1C(c2ccccc2C)N(c2ccccc2)C=[N+]1c1ccccc1. The lowest BCUT2D eigenvalue weighted by Crippen LogP contribution is -2.27. The maximum Gasteiger partial charge on any atom is 0.187 e. The Morgan fingerprint density at radius 3 is 1.90 bits per heavy atom. The molecule has 1 aliphatic rings. The monoisotopic (exact) mass is 402 g/mol. The molecule has 152 valence electrons. The van der Waals surface area contributed by atoms with Crippen LogP contribution >= 0.6 is 0 Å². The number of anilines is 1. The molecular weight excluding hydrogens is 376 g/mol. The van der Waals surface area contributed by atoms with Crippen molar-refractivity contribution in [2.24, 2.45) is 0 Å². The van der Waals surface area contributed by atoms with Gasteiger partial charge in [0.2, 0.25) is 0 Å². The van der Waals surface area contributed by atoms with Gasteiger partial charge in [-0.15, -0.1) is 11.6 Å². The highest BCUT2D eigenvalue weighted by atomic mass is 15.3. The Morgan fingerprint density at radius 2 is 1.23 bits per heavy atom. The zero-order valence-electron chi connectivity index (χ0n) is 17.9. The van der Waals surface area contributed by atoms with E-state index in [2.05, 4.69) is 139 Å². The van der Waals surface area contributed by atoms with Gasteiger partial charge in [0.15, 0.2) is 12.4 Å². The van der Waals surface area contributed by atoms with Gasteiger partial charge in [-0.25, -0.2) is 0 Å². The van der Waals surface area contributed by atoms with E-state index in [4.69, 9.17) is 0 Å². The lowest BCUT2D eigenvalue weighted by atomic mass is 9.88. The normalized spacial score (nSPS) is 15.8. The molecule has 2 heteroatoms. The fourth-order valence-electron chi connectivity index (χ4n) is 4.46. The van der Waals surface area contributed by atoms with Crippen molar-refractivity contribution in [2.45, 2.75) is 19.9 Å². The van der Waals surface area contributed by atoms with Gasteiger partial charge in [-0.1, -0.05) is 91.3 Å². The first-order valence-corrected chi connectivity index (χ1v) is 10.7. The number of hydrogen-bond acceptors (Lipinski definition) is 1. The van der Waals surface area contributed by atoms with Crippen molar-refractivity contribution in [3.05, 3.63) is 137 Å². The van der Waals surface area contributed by atoms with E-state index in [1.54, 1.807) is 0 Å². The summed E-state index contributed by atoms with van der Waals surface area (Å²) in [4.78, 5) is 2.40. The molecule has 1 unspecified atom stereocenters. The third-order valence-electron chi connectivity index (χ3n) is 6.03. The van der Waals surface area contributed by atoms with Crippen LogP contribution < -0.4 is 4.90 Å². The Hall–Kier alpha value is -3.78. The van der Waals surface area contributed by atoms with Crippen LogP contribution in [0.1, 0.15) is 28.3 Å². The summed E-state index contributed by atoms with van der Waals surface area (Å²) in [6.45, 7) is 4.41. The molecule has 0 aromatic heterocycles. The van der Waals surface area contributed by atoms with E-state index in [-0.39, 0.29) is 6.04 Å².